The van der Waals surface area contributed by atoms with E-state index in [1.807, 2.05) is 0 Å². The minimum absolute atomic E-state index is 0.355. The van der Waals surface area contributed by atoms with Crippen molar-refractivity contribution in [3.63, 3.8) is 0 Å². The Kier molecular flexibility index (Phi) is 4.89. The molecule has 0 rings (SSSR count). The second-order valence-electron chi connectivity index (χ2n) is 1.28. The van der Waals surface area contributed by atoms with Crippen LogP contribution in [0.1, 0.15) is 6.92 Å². The lowest BCUT2D eigenvalue weighted by molar-refractivity contribution is -0.336. The third kappa shape index (κ3) is 4.01. The number of hydroxylamine groups is 2. The van der Waals surface area contributed by atoms with E-state index in [0.29, 0.717) is 19.7 Å². The largest absolute Gasteiger partial charge is 0.329 e. The van der Waals surface area contributed by atoms with Crippen molar-refractivity contribution in [3.05, 3.63) is 0 Å². The van der Waals surface area contributed by atoms with Crippen LogP contribution in [0.25, 0.3) is 0 Å². The fraction of sp³-hybridized carbons (Fsp3) is 1.00. The van der Waals surface area contributed by atoms with E-state index in [4.69, 9.17) is 10.9 Å². The minimum atomic E-state index is 0.355. The molecule has 0 aliphatic heterocycles. The fourth-order valence-electron chi connectivity index (χ4n) is 0.324. The molecular formula is C4H12N2O2. The highest BCUT2D eigenvalue weighted by atomic mass is 16.9. The van der Waals surface area contributed by atoms with Crippen LogP contribution < -0.4 is 5.73 Å². The summed E-state index contributed by atoms with van der Waals surface area (Å²) in [7, 11) is 0. The van der Waals surface area contributed by atoms with Crippen LogP contribution in [0.4, 0.5) is 0 Å². The van der Waals surface area contributed by atoms with Crippen molar-refractivity contribution in [3.8, 4) is 0 Å². The van der Waals surface area contributed by atoms with Gasteiger partial charge in [0.15, 0.2) is 0 Å². The van der Waals surface area contributed by atoms with Gasteiger partial charge in [-0.05, 0) is 6.92 Å². The molecule has 50 valence electrons. The Morgan fingerprint density at radius 1 is 1.75 bits per heavy atom. The maximum atomic E-state index is 8.58. The normalized spacial score (nSPS) is 10.5. The summed E-state index contributed by atoms with van der Waals surface area (Å²) in [6, 6.07) is 0. The van der Waals surface area contributed by atoms with Crippen LogP contribution in [-0.4, -0.2) is 30.1 Å². The smallest absolute Gasteiger partial charge is 0.0683 e. The van der Waals surface area contributed by atoms with Gasteiger partial charge in [-0.25, -0.2) is 0 Å². The number of hydrogen-bond acceptors (Lipinski definition) is 4. The lowest BCUT2D eigenvalue weighted by Crippen LogP contribution is -2.26. The molecule has 0 saturated heterocycles. The van der Waals surface area contributed by atoms with Crippen molar-refractivity contribution in [1.29, 1.82) is 0 Å². The Bertz CT molecular complexity index is 45.3. The lowest BCUT2D eigenvalue weighted by atomic mass is 10.7. The van der Waals surface area contributed by atoms with Crippen molar-refractivity contribution in [2.45, 2.75) is 6.92 Å². The van der Waals surface area contributed by atoms with Crippen LogP contribution in [0.5, 0.6) is 0 Å². The standard InChI is InChI=1S/C4H12N2O2/c1-2-8-6(7)4-3-5/h7H,2-5H2,1H3. The average molecular weight is 120 g/mol. The SMILES string of the molecule is CCON(O)CCN. The van der Waals surface area contributed by atoms with Crippen molar-refractivity contribution in [1.82, 2.24) is 5.23 Å². The fourth-order valence-corrected chi connectivity index (χ4v) is 0.324. The van der Waals surface area contributed by atoms with E-state index < -0.39 is 0 Å². The van der Waals surface area contributed by atoms with Gasteiger partial charge in [-0.2, -0.15) is 0 Å². The van der Waals surface area contributed by atoms with Gasteiger partial charge < -0.3 is 5.73 Å². The topological polar surface area (TPSA) is 58.7 Å². The van der Waals surface area contributed by atoms with E-state index >= 15 is 0 Å². The second kappa shape index (κ2) is 4.99. The summed E-state index contributed by atoms with van der Waals surface area (Å²) in [6.07, 6.45) is 0. The number of hydrogen-bond donors (Lipinski definition) is 2. The van der Waals surface area contributed by atoms with Gasteiger partial charge in [0.25, 0.3) is 0 Å². The summed E-state index contributed by atoms with van der Waals surface area (Å²) in [4.78, 5) is 4.59. The van der Waals surface area contributed by atoms with Crippen LogP contribution in [0, 0.1) is 0 Å². The van der Waals surface area contributed by atoms with Crippen LogP contribution in [-0.2, 0) is 4.84 Å². The number of rotatable bonds is 4. The maximum absolute atomic E-state index is 8.58. The van der Waals surface area contributed by atoms with Crippen molar-refractivity contribution in [2.24, 2.45) is 5.73 Å². The highest BCUT2D eigenvalue weighted by Gasteiger charge is 1.93. The quantitative estimate of drug-likeness (QED) is 0.495. The third-order valence-electron chi connectivity index (χ3n) is 0.599. The first-order valence-corrected chi connectivity index (χ1v) is 2.60. The van der Waals surface area contributed by atoms with Gasteiger partial charge in [0.1, 0.15) is 0 Å². The predicted molar refractivity (Wildman–Crippen MR) is 29.2 cm³/mol. The van der Waals surface area contributed by atoms with Crippen molar-refractivity contribution in [2.75, 3.05) is 19.7 Å². The summed E-state index contributed by atoms with van der Waals surface area (Å²) in [6.45, 7) is 3.01. The van der Waals surface area contributed by atoms with Gasteiger partial charge in [-0.15, -0.1) is 0 Å². The molecular weight excluding hydrogens is 108 g/mol. The van der Waals surface area contributed by atoms with E-state index in [1.54, 1.807) is 6.92 Å². The third-order valence-corrected chi connectivity index (χ3v) is 0.599. The zero-order valence-electron chi connectivity index (χ0n) is 5.00. The molecule has 0 fully saturated rings. The first-order valence-electron chi connectivity index (χ1n) is 2.60. The maximum Gasteiger partial charge on any atom is 0.0683 e. The van der Waals surface area contributed by atoms with E-state index in [2.05, 4.69) is 4.84 Å². The molecule has 0 aromatic carbocycles. The molecule has 0 saturated carbocycles. The van der Waals surface area contributed by atoms with Crippen LogP contribution >= 0.6 is 0 Å². The van der Waals surface area contributed by atoms with Crippen molar-refractivity contribution < 1.29 is 10.0 Å². The molecule has 0 atom stereocenters. The molecule has 0 aliphatic carbocycles. The molecule has 0 aromatic rings. The Morgan fingerprint density at radius 3 is 2.75 bits per heavy atom. The minimum Gasteiger partial charge on any atom is -0.329 e. The highest BCUT2D eigenvalue weighted by Crippen LogP contribution is 1.79. The molecule has 4 heteroatoms. The summed E-state index contributed by atoms with van der Waals surface area (Å²) in [5.41, 5.74) is 5.08. The monoisotopic (exact) mass is 120 g/mol. The highest BCUT2D eigenvalue weighted by molar-refractivity contribution is 4.30. The second-order valence-corrected chi connectivity index (χ2v) is 1.28. The molecule has 0 amide bonds. The molecule has 4 nitrogen and oxygen atoms in total. The van der Waals surface area contributed by atoms with E-state index in [-0.39, 0.29) is 0 Å². The zero-order valence-corrected chi connectivity index (χ0v) is 5.00. The Labute approximate surface area is 48.7 Å². The van der Waals surface area contributed by atoms with E-state index in [1.165, 1.54) is 0 Å². The summed E-state index contributed by atoms with van der Waals surface area (Å²) in [5.74, 6) is 0. The molecule has 8 heavy (non-hydrogen) atoms. The molecule has 0 aliphatic rings. The molecule has 0 spiro atoms. The van der Waals surface area contributed by atoms with E-state index in [0.717, 1.165) is 5.23 Å². The van der Waals surface area contributed by atoms with Gasteiger partial charge in [0, 0.05) is 6.54 Å². The molecule has 0 bridgehead atoms. The first-order chi connectivity index (χ1) is 3.81. The van der Waals surface area contributed by atoms with Gasteiger partial charge in [-0.3, -0.25) is 10.0 Å². The van der Waals surface area contributed by atoms with Crippen molar-refractivity contribution >= 4 is 0 Å². The van der Waals surface area contributed by atoms with Crippen LogP contribution in [0.2, 0.25) is 0 Å². The molecule has 0 aromatic heterocycles. The van der Waals surface area contributed by atoms with Crippen LogP contribution in [0.15, 0.2) is 0 Å². The Balaban J connectivity index is 2.92. The first kappa shape index (κ1) is 7.84. The Hall–Kier alpha value is -0.160. The average Bonchev–Trinajstić information content (AvgIpc) is 1.68. The Morgan fingerprint density at radius 2 is 2.38 bits per heavy atom. The zero-order chi connectivity index (χ0) is 6.41. The van der Waals surface area contributed by atoms with Gasteiger partial charge >= 0.3 is 0 Å². The molecule has 0 heterocycles. The van der Waals surface area contributed by atoms with Gasteiger partial charge in [0.05, 0.1) is 13.2 Å². The molecule has 0 unspecified atom stereocenters. The molecule has 0 radical (unpaired) electrons. The number of nitrogens with zero attached hydrogens (tertiary/aromatic N) is 1. The van der Waals surface area contributed by atoms with Gasteiger partial charge in [-0.1, -0.05) is 5.23 Å². The predicted octanol–water partition coefficient (Wildman–Crippen LogP) is -0.412. The lowest BCUT2D eigenvalue weighted by Gasteiger charge is -2.10. The van der Waals surface area contributed by atoms with Crippen LogP contribution in [0.3, 0.4) is 0 Å². The summed E-state index contributed by atoms with van der Waals surface area (Å²) < 4.78 is 0. The number of nitrogens with two attached hydrogens (primary N) is 1. The van der Waals surface area contributed by atoms with Gasteiger partial charge in [0.2, 0.25) is 0 Å². The summed E-state index contributed by atoms with van der Waals surface area (Å²) >= 11 is 0. The summed E-state index contributed by atoms with van der Waals surface area (Å²) in [5, 5.41) is 9.32. The van der Waals surface area contributed by atoms with E-state index in [9.17, 15) is 0 Å². The molecule has 3 N–H and O–H groups in total.